The molecule has 104 valence electrons. The minimum absolute atomic E-state index is 0.217. The maximum Gasteiger partial charge on any atom is 0.339 e. The summed E-state index contributed by atoms with van der Waals surface area (Å²) in [6.07, 6.45) is -1.00. The van der Waals surface area contributed by atoms with Crippen LogP contribution in [0.4, 0.5) is 8.78 Å². The second-order valence-corrected chi connectivity index (χ2v) is 4.18. The third kappa shape index (κ3) is 3.34. The molecule has 2 aromatic rings. The Bertz CT molecular complexity index is 603. The molecule has 2 rings (SSSR count). The molecule has 0 aliphatic carbocycles. The number of hydrogen-bond donors (Lipinski definition) is 1. The van der Waals surface area contributed by atoms with Crippen LogP contribution in [0.15, 0.2) is 36.5 Å². The molecule has 1 aromatic heterocycles. The van der Waals surface area contributed by atoms with Gasteiger partial charge in [0.15, 0.2) is 0 Å². The zero-order valence-corrected chi connectivity index (χ0v) is 10.5. The first-order chi connectivity index (χ1) is 9.58. The molecule has 4 nitrogen and oxygen atoms in total. The molecule has 0 aliphatic rings. The first-order valence-electron chi connectivity index (χ1n) is 5.99. The highest BCUT2D eigenvalue weighted by Crippen LogP contribution is 2.20. The zero-order valence-electron chi connectivity index (χ0n) is 10.5. The number of nitrogens with zero attached hydrogens (tertiary/aromatic N) is 2. The van der Waals surface area contributed by atoms with Gasteiger partial charge >= 0.3 is 5.97 Å². The highest BCUT2D eigenvalue weighted by Gasteiger charge is 2.20. The van der Waals surface area contributed by atoms with Gasteiger partial charge in [0, 0.05) is 12.6 Å². The molecule has 1 N–H and O–H groups in total. The van der Waals surface area contributed by atoms with Crippen molar-refractivity contribution in [1.82, 2.24) is 9.97 Å². The number of aromatic nitrogens is 2. The van der Waals surface area contributed by atoms with Crippen LogP contribution in [-0.2, 0) is 12.8 Å². The van der Waals surface area contributed by atoms with Gasteiger partial charge < -0.3 is 5.11 Å². The van der Waals surface area contributed by atoms with E-state index in [0.717, 1.165) is 11.8 Å². The van der Waals surface area contributed by atoms with Crippen molar-refractivity contribution in [2.24, 2.45) is 0 Å². The molecule has 1 aromatic carbocycles. The summed E-state index contributed by atoms with van der Waals surface area (Å²) in [6.45, 7) is 0. The lowest BCUT2D eigenvalue weighted by Crippen LogP contribution is -2.10. The summed E-state index contributed by atoms with van der Waals surface area (Å²) in [7, 11) is 0. The molecule has 20 heavy (non-hydrogen) atoms. The number of carboxylic acid groups (broad SMARTS) is 1. The summed E-state index contributed by atoms with van der Waals surface area (Å²) < 4.78 is 25.6. The van der Waals surface area contributed by atoms with Crippen molar-refractivity contribution in [3.05, 3.63) is 59.2 Å². The van der Waals surface area contributed by atoms with E-state index in [1.165, 1.54) is 0 Å². The van der Waals surface area contributed by atoms with Crippen LogP contribution in [0.2, 0.25) is 0 Å². The lowest BCUT2D eigenvalue weighted by Gasteiger charge is -2.06. The lowest BCUT2D eigenvalue weighted by molar-refractivity contribution is 0.0681. The molecule has 0 atom stereocenters. The second kappa shape index (κ2) is 6.18. The van der Waals surface area contributed by atoms with Crippen LogP contribution in [-0.4, -0.2) is 21.0 Å². The van der Waals surface area contributed by atoms with Gasteiger partial charge in [0.05, 0.1) is 0 Å². The molecule has 0 radical (unpaired) electrons. The van der Waals surface area contributed by atoms with Crippen molar-refractivity contribution in [3.63, 3.8) is 0 Å². The smallest absolute Gasteiger partial charge is 0.339 e. The Balaban J connectivity index is 2.17. The summed E-state index contributed by atoms with van der Waals surface area (Å²) >= 11 is 0. The first kappa shape index (κ1) is 14.0. The van der Waals surface area contributed by atoms with E-state index in [1.54, 1.807) is 0 Å². The maximum atomic E-state index is 12.8. The molecule has 0 saturated carbocycles. The van der Waals surface area contributed by atoms with E-state index in [-0.39, 0.29) is 5.82 Å². The van der Waals surface area contributed by atoms with Gasteiger partial charge in [-0.25, -0.2) is 23.5 Å². The van der Waals surface area contributed by atoms with E-state index >= 15 is 0 Å². The number of carboxylic acids is 1. The monoisotopic (exact) mass is 278 g/mol. The highest BCUT2D eigenvalue weighted by atomic mass is 19.3. The molecule has 0 saturated heterocycles. The minimum Gasteiger partial charge on any atom is -0.478 e. The van der Waals surface area contributed by atoms with Crippen LogP contribution < -0.4 is 0 Å². The Morgan fingerprint density at radius 1 is 1.20 bits per heavy atom. The van der Waals surface area contributed by atoms with E-state index in [9.17, 15) is 13.6 Å². The van der Waals surface area contributed by atoms with E-state index in [0.29, 0.717) is 12.8 Å². The molecule has 0 aliphatic heterocycles. The van der Waals surface area contributed by atoms with E-state index in [1.807, 2.05) is 30.3 Å². The largest absolute Gasteiger partial charge is 0.478 e. The molecule has 1 heterocycles. The summed E-state index contributed by atoms with van der Waals surface area (Å²) in [5.74, 6) is -1.23. The average Bonchev–Trinajstić information content (AvgIpc) is 2.45. The van der Waals surface area contributed by atoms with Crippen molar-refractivity contribution in [3.8, 4) is 0 Å². The Morgan fingerprint density at radius 3 is 2.50 bits per heavy atom. The predicted octanol–water partition coefficient (Wildman–Crippen LogP) is 2.90. The van der Waals surface area contributed by atoms with Crippen LogP contribution in [0.1, 0.15) is 33.9 Å². The van der Waals surface area contributed by atoms with Crippen LogP contribution in [0.5, 0.6) is 0 Å². The van der Waals surface area contributed by atoms with Crippen molar-refractivity contribution >= 4 is 5.97 Å². The van der Waals surface area contributed by atoms with Gasteiger partial charge in [-0.15, -0.1) is 0 Å². The van der Waals surface area contributed by atoms with Gasteiger partial charge in [0.1, 0.15) is 17.1 Å². The van der Waals surface area contributed by atoms with Gasteiger partial charge in [-0.2, -0.15) is 0 Å². The highest BCUT2D eigenvalue weighted by molar-refractivity contribution is 5.88. The quantitative estimate of drug-likeness (QED) is 0.913. The van der Waals surface area contributed by atoms with Crippen LogP contribution in [0, 0.1) is 0 Å². The Hall–Kier alpha value is -2.37. The summed E-state index contributed by atoms with van der Waals surface area (Å²) in [4.78, 5) is 18.3. The van der Waals surface area contributed by atoms with E-state index < -0.39 is 23.7 Å². The van der Waals surface area contributed by atoms with Crippen LogP contribution in [0.3, 0.4) is 0 Å². The SMILES string of the molecule is O=C(O)c1cnc(CCc2ccccc2)nc1C(F)F. The Labute approximate surface area is 114 Å². The fourth-order valence-corrected chi connectivity index (χ4v) is 1.79. The van der Waals surface area contributed by atoms with Crippen molar-refractivity contribution in [2.45, 2.75) is 19.3 Å². The zero-order chi connectivity index (χ0) is 14.5. The Kier molecular flexibility index (Phi) is 4.34. The minimum atomic E-state index is -2.93. The predicted molar refractivity (Wildman–Crippen MR) is 67.8 cm³/mol. The summed E-state index contributed by atoms with van der Waals surface area (Å²) in [6, 6.07) is 9.48. The van der Waals surface area contributed by atoms with Crippen molar-refractivity contribution in [2.75, 3.05) is 0 Å². The number of halogens is 2. The topological polar surface area (TPSA) is 63.1 Å². The molecule has 0 spiro atoms. The van der Waals surface area contributed by atoms with Crippen LogP contribution in [0.25, 0.3) is 0 Å². The number of aromatic carboxylic acids is 1. The lowest BCUT2D eigenvalue weighted by atomic mass is 10.1. The third-order valence-corrected chi connectivity index (χ3v) is 2.79. The van der Waals surface area contributed by atoms with Crippen molar-refractivity contribution < 1.29 is 18.7 Å². The van der Waals surface area contributed by atoms with Gasteiger partial charge in [0.2, 0.25) is 0 Å². The van der Waals surface area contributed by atoms with Gasteiger partial charge in [-0.3, -0.25) is 0 Å². The molecule has 0 unspecified atom stereocenters. The standard InChI is InChI=1S/C14H12F2N2O2/c15-13(16)12-10(14(19)20)8-17-11(18-12)7-6-9-4-2-1-3-5-9/h1-5,8,13H,6-7H2,(H,19,20). The van der Waals surface area contributed by atoms with E-state index in [2.05, 4.69) is 9.97 Å². The molecule has 0 amide bonds. The van der Waals surface area contributed by atoms with Gasteiger partial charge in [-0.05, 0) is 12.0 Å². The molecule has 0 bridgehead atoms. The number of rotatable bonds is 5. The van der Waals surface area contributed by atoms with Gasteiger partial charge in [-0.1, -0.05) is 30.3 Å². The third-order valence-electron chi connectivity index (χ3n) is 2.79. The van der Waals surface area contributed by atoms with Gasteiger partial charge in [0.25, 0.3) is 6.43 Å². The Morgan fingerprint density at radius 2 is 1.90 bits per heavy atom. The normalized spacial score (nSPS) is 10.8. The van der Waals surface area contributed by atoms with E-state index in [4.69, 9.17) is 5.11 Å². The number of aryl methyl sites for hydroxylation is 2. The molecular formula is C14H12F2N2O2. The number of benzene rings is 1. The number of alkyl halides is 2. The number of carbonyl (C=O) groups is 1. The number of hydrogen-bond acceptors (Lipinski definition) is 3. The maximum absolute atomic E-state index is 12.8. The average molecular weight is 278 g/mol. The van der Waals surface area contributed by atoms with Crippen molar-refractivity contribution in [1.29, 1.82) is 0 Å². The molecular weight excluding hydrogens is 266 g/mol. The summed E-state index contributed by atoms with van der Waals surface area (Å²) in [5.41, 5.74) is -0.240. The molecule has 6 heteroatoms. The molecule has 0 fully saturated rings. The fraction of sp³-hybridized carbons (Fsp3) is 0.214. The first-order valence-corrected chi connectivity index (χ1v) is 5.99. The fourth-order valence-electron chi connectivity index (χ4n) is 1.79. The second-order valence-electron chi connectivity index (χ2n) is 4.18. The summed E-state index contributed by atoms with van der Waals surface area (Å²) in [5, 5.41) is 8.80. The van der Waals surface area contributed by atoms with Crippen LogP contribution >= 0.6 is 0 Å².